The van der Waals surface area contributed by atoms with Crippen LogP contribution in [-0.4, -0.2) is 33.9 Å². The van der Waals surface area contributed by atoms with E-state index in [1.54, 1.807) is 23.2 Å². The fourth-order valence-corrected chi connectivity index (χ4v) is 3.53. The lowest BCUT2D eigenvalue weighted by molar-refractivity contribution is 0.0688. The van der Waals surface area contributed by atoms with Gasteiger partial charge in [-0.25, -0.2) is 0 Å². The molecule has 2 aromatic heterocycles. The number of hydrogen-bond acceptors (Lipinski definition) is 3. The van der Waals surface area contributed by atoms with Gasteiger partial charge < -0.3 is 9.88 Å². The molecular formula is C19H21N3O2. The number of H-pyrrole nitrogens is 1. The first-order valence-electron chi connectivity index (χ1n) is 8.57. The molecule has 0 bridgehead atoms. The second kappa shape index (κ2) is 5.89. The van der Waals surface area contributed by atoms with E-state index in [0.29, 0.717) is 29.3 Å². The molecule has 2 saturated carbocycles. The molecule has 0 aromatic carbocycles. The number of rotatable bonds is 5. The number of nitrogens with one attached hydrogen (secondary N) is 1. The smallest absolute Gasteiger partial charge is 0.261 e. The zero-order chi connectivity index (χ0) is 16.7. The molecule has 5 heteroatoms. The van der Waals surface area contributed by atoms with Crippen LogP contribution < -0.4 is 5.56 Å². The van der Waals surface area contributed by atoms with Gasteiger partial charge in [0.1, 0.15) is 5.56 Å². The van der Waals surface area contributed by atoms with Crippen molar-refractivity contribution in [1.29, 1.82) is 0 Å². The van der Waals surface area contributed by atoms with Crippen LogP contribution in [0.4, 0.5) is 0 Å². The van der Waals surface area contributed by atoms with Crippen molar-refractivity contribution in [3.8, 4) is 11.4 Å². The monoisotopic (exact) mass is 323 g/mol. The Bertz CT molecular complexity index is 795. The van der Waals surface area contributed by atoms with Gasteiger partial charge in [0.2, 0.25) is 0 Å². The second-order valence-corrected chi connectivity index (χ2v) is 6.91. The van der Waals surface area contributed by atoms with E-state index in [1.807, 2.05) is 25.2 Å². The highest BCUT2D eigenvalue weighted by molar-refractivity contribution is 5.94. The quantitative estimate of drug-likeness (QED) is 0.920. The summed E-state index contributed by atoms with van der Waals surface area (Å²) in [7, 11) is 1.84. The van der Waals surface area contributed by atoms with Crippen molar-refractivity contribution in [3.05, 3.63) is 52.4 Å². The summed E-state index contributed by atoms with van der Waals surface area (Å²) in [5.41, 5.74) is 1.18. The third-order valence-corrected chi connectivity index (χ3v) is 5.06. The molecule has 0 saturated heterocycles. The van der Waals surface area contributed by atoms with E-state index in [4.69, 9.17) is 0 Å². The molecule has 2 heterocycles. The summed E-state index contributed by atoms with van der Waals surface area (Å²) in [6, 6.07) is 9.20. The summed E-state index contributed by atoms with van der Waals surface area (Å²) >= 11 is 0. The molecule has 124 valence electrons. The highest BCUT2D eigenvalue weighted by Gasteiger charge is 2.45. The highest BCUT2D eigenvalue weighted by atomic mass is 16.2. The standard InChI is InChI=1S/C19H21N3O2/c1-22(17(12-5-6-12)13-7-8-13)19(24)14-9-10-16(21-18(14)23)15-4-2-3-11-20-15/h2-4,9-13,17H,5-8H2,1H3,(H,21,23). The summed E-state index contributed by atoms with van der Waals surface area (Å²) in [6.45, 7) is 0. The number of nitrogens with zero attached hydrogens (tertiary/aromatic N) is 2. The molecule has 2 aliphatic rings. The largest absolute Gasteiger partial charge is 0.338 e. The molecule has 0 radical (unpaired) electrons. The Labute approximate surface area is 140 Å². The van der Waals surface area contributed by atoms with Crippen LogP contribution in [0.5, 0.6) is 0 Å². The molecule has 4 rings (SSSR count). The van der Waals surface area contributed by atoms with Crippen molar-refractivity contribution in [2.24, 2.45) is 11.8 Å². The van der Waals surface area contributed by atoms with Gasteiger partial charge in [-0.1, -0.05) is 6.07 Å². The van der Waals surface area contributed by atoms with Crippen molar-refractivity contribution >= 4 is 5.91 Å². The van der Waals surface area contributed by atoms with Crippen LogP contribution in [0.25, 0.3) is 11.4 Å². The van der Waals surface area contributed by atoms with Crippen molar-refractivity contribution in [2.45, 2.75) is 31.7 Å². The van der Waals surface area contributed by atoms with E-state index in [9.17, 15) is 9.59 Å². The third kappa shape index (κ3) is 2.86. The Hall–Kier alpha value is -2.43. The summed E-state index contributed by atoms with van der Waals surface area (Å²) in [4.78, 5) is 34.1. The minimum Gasteiger partial charge on any atom is -0.338 e. The number of carbonyl (C=O) groups excluding carboxylic acids is 1. The van der Waals surface area contributed by atoms with Gasteiger partial charge in [0.15, 0.2) is 0 Å². The zero-order valence-corrected chi connectivity index (χ0v) is 13.7. The topological polar surface area (TPSA) is 66.1 Å². The lowest BCUT2D eigenvalue weighted by Crippen LogP contribution is -2.42. The average molecular weight is 323 g/mol. The van der Waals surface area contributed by atoms with E-state index < -0.39 is 0 Å². The van der Waals surface area contributed by atoms with Crippen LogP contribution in [0.2, 0.25) is 0 Å². The fraction of sp³-hybridized carbons (Fsp3) is 0.421. The SMILES string of the molecule is CN(C(=O)c1ccc(-c2ccccn2)[nH]c1=O)C(C1CC1)C1CC1. The van der Waals surface area contributed by atoms with Gasteiger partial charge >= 0.3 is 0 Å². The molecule has 5 nitrogen and oxygen atoms in total. The molecule has 2 fully saturated rings. The minimum atomic E-state index is -0.347. The van der Waals surface area contributed by atoms with Crippen molar-refractivity contribution in [3.63, 3.8) is 0 Å². The lowest BCUT2D eigenvalue weighted by Gasteiger charge is -2.28. The Morgan fingerprint density at radius 1 is 1.17 bits per heavy atom. The molecule has 2 aliphatic carbocycles. The number of hydrogen-bond donors (Lipinski definition) is 1. The first kappa shape index (κ1) is 15.1. The van der Waals surface area contributed by atoms with Crippen molar-refractivity contribution in [2.75, 3.05) is 7.05 Å². The predicted octanol–water partition coefficient (Wildman–Crippen LogP) is 2.70. The van der Waals surface area contributed by atoms with E-state index in [2.05, 4.69) is 9.97 Å². The minimum absolute atomic E-state index is 0.173. The van der Waals surface area contributed by atoms with Crippen LogP contribution in [0.15, 0.2) is 41.3 Å². The maximum atomic E-state index is 12.8. The van der Waals surface area contributed by atoms with E-state index in [-0.39, 0.29) is 17.0 Å². The number of aromatic nitrogens is 2. The highest BCUT2D eigenvalue weighted by Crippen LogP contribution is 2.47. The van der Waals surface area contributed by atoms with Gasteiger partial charge in [-0.3, -0.25) is 14.6 Å². The summed E-state index contributed by atoms with van der Waals surface area (Å²) in [5, 5.41) is 0. The summed E-state index contributed by atoms with van der Waals surface area (Å²) in [6.07, 6.45) is 6.49. The van der Waals surface area contributed by atoms with Crippen LogP contribution in [-0.2, 0) is 0 Å². The van der Waals surface area contributed by atoms with Gasteiger partial charge in [-0.15, -0.1) is 0 Å². The van der Waals surface area contributed by atoms with E-state index in [1.165, 1.54) is 25.7 Å². The number of carbonyl (C=O) groups is 1. The molecule has 1 N–H and O–H groups in total. The summed E-state index contributed by atoms with van der Waals surface area (Å²) in [5.74, 6) is 1.07. The van der Waals surface area contributed by atoms with Gasteiger partial charge in [-0.2, -0.15) is 0 Å². The van der Waals surface area contributed by atoms with E-state index >= 15 is 0 Å². The lowest BCUT2D eigenvalue weighted by atomic mass is 10.0. The van der Waals surface area contributed by atoms with E-state index in [0.717, 1.165) is 0 Å². The molecule has 24 heavy (non-hydrogen) atoms. The first-order chi connectivity index (χ1) is 11.6. The van der Waals surface area contributed by atoms with Crippen LogP contribution >= 0.6 is 0 Å². The molecular weight excluding hydrogens is 302 g/mol. The zero-order valence-electron chi connectivity index (χ0n) is 13.7. The normalized spacial score (nSPS) is 17.1. The fourth-order valence-electron chi connectivity index (χ4n) is 3.53. The van der Waals surface area contributed by atoms with Crippen molar-refractivity contribution < 1.29 is 4.79 Å². The molecule has 2 aromatic rings. The van der Waals surface area contributed by atoms with Crippen LogP contribution in [0.3, 0.4) is 0 Å². The first-order valence-corrected chi connectivity index (χ1v) is 8.57. The Kier molecular flexibility index (Phi) is 3.71. The average Bonchev–Trinajstić information content (AvgIpc) is 3.50. The molecule has 0 aliphatic heterocycles. The predicted molar refractivity (Wildman–Crippen MR) is 91.6 cm³/mol. The number of amides is 1. The third-order valence-electron chi connectivity index (χ3n) is 5.06. The second-order valence-electron chi connectivity index (χ2n) is 6.91. The molecule has 0 spiro atoms. The summed E-state index contributed by atoms with van der Waals surface area (Å²) < 4.78 is 0. The maximum absolute atomic E-state index is 12.8. The Balaban J connectivity index is 1.59. The van der Waals surface area contributed by atoms with Crippen LogP contribution in [0.1, 0.15) is 36.0 Å². The van der Waals surface area contributed by atoms with Gasteiger partial charge in [0.25, 0.3) is 11.5 Å². The van der Waals surface area contributed by atoms with Crippen LogP contribution in [0, 0.1) is 11.8 Å². The van der Waals surface area contributed by atoms with Gasteiger partial charge in [0.05, 0.1) is 11.4 Å². The number of aromatic amines is 1. The van der Waals surface area contributed by atoms with Gasteiger partial charge in [-0.05, 0) is 61.8 Å². The number of pyridine rings is 2. The van der Waals surface area contributed by atoms with Crippen molar-refractivity contribution in [1.82, 2.24) is 14.9 Å². The van der Waals surface area contributed by atoms with Gasteiger partial charge in [0, 0.05) is 19.3 Å². The molecule has 1 amide bonds. The Morgan fingerprint density at radius 3 is 2.42 bits per heavy atom. The Morgan fingerprint density at radius 2 is 1.88 bits per heavy atom. The maximum Gasteiger partial charge on any atom is 0.261 e. The molecule has 0 atom stereocenters. The molecule has 0 unspecified atom stereocenters.